The van der Waals surface area contributed by atoms with Gasteiger partial charge >= 0.3 is 6.36 Å². The van der Waals surface area contributed by atoms with Crippen molar-refractivity contribution in [3.8, 4) is 23.1 Å². The first-order valence-electron chi connectivity index (χ1n) is 6.52. The maximum Gasteiger partial charge on any atom is 0.573 e. The molecule has 3 aromatic rings. The van der Waals surface area contributed by atoms with Crippen molar-refractivity contribution >= 4 is 10.9 Å². The Labute approximate surface area is 128 Å². The highest BCUT2D eigenvalue weighted by Crippen LogP contribution is 2.28. The number of ether oxygens (including phenoxy) is 2. The summed E-state index contributed by atoms with van der Waals surface area (Å²) in [5.74, 6) is 0.415. The second-order valence-electron chi connectivity index (χ2n) is 4.65. The Kier molecular flexibility index (Phi) is 3.69. The largest absolute Gasteiger partial charge is 0.573 e. The van der Waals surface area contributed by atoms with Crippen LogP contribution in [0.25, 0.3) is 10.9 Å². The van der Waals surface area contributed by atoms with Gasteiger partial charge in [-0.2, -0.15) is 0 Å². The summed E-state index contributed by atoms with van der Waals surface area (Å²) in [6.07, 6.45) is -4.73. The number of phenols is 1. The van der Waals surface area contributed by atoms with E-state index in [1.54, 1.807) is 24.3 Å². The second kappa shape index (κ2) is 5.68. The molecule has 3 rings (SSSR count). The van der Waals surface area contributed by atoms with E-state index in [4.69, 9.17) is 4.74 Å². The van der Waals surface area contributed by atoms with Crippen LogP contribution in [0.15, 0.2) is 54.6 Å². The van der Waals surface area contributed by atoms with Crippen molar-refractivity contribution in [2.45, 2.75) is 6.36 Å². The minimum Gasteiger partial charge on any atom is -0.508 e. The highest BCUT2D eigenvalue weighted by molar-refractivity contribution is 5.80. The number of pyridine rings is 1. The van der Waals surface area contributed by atoms with Gasteiger partial charge in [-0.25, -0.2) is 4.98 Å². The zero-order chi connectivity index (χ0) is 16.4. The number of rotatable bonds is 3. The molecular formula is C16H10F3NO3. The quantitative estimate of drug-likeness (QED) is 0.764. The van der Waals surface area contributed by atoms with Crippen LogP contribution in [-0.4, -0.2) is 16.5 Å². The Bertz CT molecular complexity index is 832. The third-order valence-electron chi connectivity index (χ3n) is 2.93. The Morgan fingerprint density at radius 1 is 0.870 bits per heavy atom. The highest BCUT2D eigenvalue weighted by Gasteiger charge is 2.30. The number of aromatic hydroxyl groups is 1. The molecule has 0 radical (unpaired) electrons. The lowest BCUT2D eigenvalue weighted by Crippen LogP contribution is -2.16. The number of fused-ring (bicyclic) bond motifs is 1. The standard InChI is InChI=1S/C16H10F3NO3/c17-16(18,19)23-13-5-3-12(4-6-13)22-15-8-1-10-9-11(21)2-7-14(10)20-15/h1-9,21H. The lowest BCUT2D eigenvalue weighted by molar-refractivity contribution is -0.274. The molecule has 4 nitrogen and oxygen atoms in total. The van der Waals surface area contributed by atoms with Crippen molar-refractivity contribution < 1.29 is 27.8 Å². The van der Waals surface area contributed by atoms with E-state index in [-0.39, 0.29) is 17.4 Å². The Balaban J connectivity index is 1.77. The summed E-state index contributed by atoms with van der Waals surface area (Å²) in [4.78, 5) is 4.25. The van der Waals surface area contributed by atoms with Crippen LogP contribution >= 0.6 is 0 Å². The van der Waals surface area contributed by atoms with Gasteiger partial charge in [-0.3, -0.25) is 0 Å². The van der Waals surface area contributed by atoms with Crippen molar-refractivity contribution in [2.75, 3.05) is 0 Å². The highest BCUT2D eigenvalue weighted by atomic mass is 19.4. The molecule has 7 heteroatoms. The summed E-state index contributed by atoms with van der Waals surface area (Å²) in [5, 5.41) is 10.1. The normalized spacial score (nSPS) is 11.4. The predicted molar refractivity (Wildman–Crippen MR) is 76.6 cm³/mol. The van der Waals surface area contributed by atoms with Gasteiger partial charge in [-0.05, 0) is 48.5 Å². The van der Waals surface area contributed by atoms with Crippen molar-refractivity contribution in [3.05, 3.63) is 54.6 Å². The van der Waals surface area contributed by atoms with E-state index >= 15 is 0 Å². The van der Waals surface area contributed by atoms with E-state index in [0.29, 0.717) is 11.3 Å². The fourth-order valence-electron chi connectivity index (χ4n) is 1.98. The summed E-state index contributed by atoms with van der Waals surface area (Å²) in [6, 6.07) is 13.0. The van der Waals surface area contributed by atoms with Crippen LogP contribution in [0.5, 0.6) is 23.1 Å². The maximum atomic E-state index is 12.1. The summed E-state index contributed by atoms with van der Waals surface area (Å²) in [6.45, 7) is 0. The number of nitrogens with zero attached hydrogens (tertiary/aromatic N) is 1. The number of hydrogen-bond donors (Lipinski definition) is 1. The molecule has 0 atom stereocenters. The third-order valence-corrected chi connectivity index (χ3v) is 2.93. The number of alkyl halides is 3. The first kappa shape index (κ1) is 15.0. The van der Waals surface area contributed by atoms with Gasteiger partial charge in [0.1, 0.15) is 17.2 Å². The number of halogens is 3. The molecular weight excluding hydrogens is 311 g/mol. The van der Waals surface area contributed by atoms with Crippen molar-refractivity contribution in [3.63, 3.8) is 0 Å². The minimum atomic E-state index is -4.73. The molecule has 0 bridgehead atoms. The molecule has 1 heterocycles. The van der Waals surface area contributed by atoms with Crippen LogP contribution in [0.2, 0.25) is 0 Å². The van der Waals surface area contributed by atoms with E-state index < -0.39 is 6.36 Å². The van der Waals surface area contributed by atoms with Crippen LogP contribution in [-0.2, 0) is 0 Å². The van der Waals surface area contributed by atoms with Gasteiger partial charge in [0.2, 0.25) is 5.88 Å². The molecule has 0 aliphatic carbocycles. The van der Waals surface area contributed by atoms with E-state index in [9.17, 15) is 18.3 Å². The minimum absolute atomic E-state index is 0.133. The fourth-order valence-corrected chi connectivity index (χ4v) is 1.98. The zero-order valence-electron chi connectivity index (χ0n) is 11.5. The van der Waals surface area contributed by atoms with Crippen LogP contribution < -0.4 is 9.47 Å². The van der Waals surface area contributed by atoms with Crippen LogP contribution in [0, 0.1) is 0 Å². The molecule has 0 amide bonds. The topological polar surface area (TPSA) is 51.6 Å². The van der Waals surface area contributed by atoms with Crippen molar-refractivity contribution in [1.29, 1.82) is 0 Å². The number of hydrogen-bond acceptors (Lipinski definition) is 4. The van der Waals surface area contributed by atoms with Gasteiger partial charge in [-0.15, -0.1) is 13.2 Å². The molecule has 1 aromatic heterocycles. The van der Waals surface area contributed by atoms with Crippen LogP contribution in [0.3, 0.4) is 0 Å². The Morgan fingerprint density at radius 2 is 1.57 bits per heavy atom. The molecule has 0 aliphatic rings. The lowest BCUT2D eigenvalue weighted by atomic mass is 10.2. The molecule has 0 unspecified atom stereocenters. The molecule has 2 aromatic carbocycles. The monoisotopic (exact) mass is 321 g/mol. The van der Waals surface area contributed by atoms with Gasteiger partial charge in [0.25, 0.3) is 0 Å². The average molecular weight is 321 g/mol. The molecule has 23 heavy (non-hydrogen) atoms. The van der Waals surface area contributed by atoms with Crippen molar-refractivity contribution in [1.82, 2.24) is 4.98 Å². The predicted octanol–water partition coefficient (Wildman–Crippen LogP) is 4.63. The average Bonchev–Trinajstić information content (AvgIpc) is 2.48. The molecule has 0 saturated carbocycles. The number of benzene rings is 2. The summed E-state index contributed by atoms with van der Waals surface area (Å²) in [5.41, 5.74) is 0.623. The lowest BCUT2D eigenvalue weighted by Gasteiger charge is -2.10. The van der Waals surface area contributed by atoms with Crippen LogP contribution in [0.1, 0.15) is 0 Å². The fraction of sp³-hybridized carbons (Fsp3) is 0.0625. The Hall–Kier alpha value is -2.96. The van der Waals surface area contributed by atoms with E-state index in [2.05, 4.69) is 9.72 Å². The summed E-state index contributed by atoms with van der Waals surface area (Å²) in [7, 11) is 0. The molecule has 0 aliphatic heterocycles. The van der Waals surface area contributed by atoms with Gasteiger partial charge in [0.05, 0.1) is 5.52 Å². The zero-order valence-corrected chi connectivity index (χ0v) is 11.5. The number of phenolic OH excluding ortho intramolecular Hbond substituents is 1. The van der Waals surface area contributed by atoms with Gasteiger partial charge in [0.15, 0.2) is 0 Å². The Morgan fingerprint density at radius 3 is 2.26 bits per heavy atom. The summed E-state index contributed by atoms with van der Waals surface area (Å²) < 4.78 is 45.5. The van der Waals surface area contributed by atoms with E-state index in [1.165, 1.54) is 18.2 Å². The third kappa shape index (κ3) is 3.82. The van der Waals surface area contributed by atoms with Gasteiger partial charge < -0.3 is 14.6 Å². The molecule has 0 fully saturated rings. The molecule has 0 saturated heterocycles. The number of aromatic nitrogens is 1. The van der Waals surface area contributed by atoms with Gasteiger partial charge in [-0.1, -0.05) is 0 Å². The summed E-state index contributed by atoms with van der Waals surface area (Å²) >= 11 is 0. The van der Waals surface area contributed by atoms with E-state index in [0.717, 1.165) is 17.5 Å². The smallest absolute Gasteiger partial charge is 0.508 e. The SMILES string of the molecule is Oc1ccc2nc(Oc3ccc(OC(F)(F)F)cc3)ccc2c1. The van der Waals surface area contributed by atoms with Gasteiger partial charge in [0, 0.05) is 11.5 Å². The molecule has 118 valence electrons. The molecule has 0 spiro atoms. The van der Waals surface area contributed by atoms with E-state index in [1.807, 2.05) is 0 Å². The first-order valence-corrected chi connectivity index (χ1v) is 6.52. The maximum absolute atomic E-state index is 12.1. The first-order chi connectivity index (χ1) is 10.9. The van der Waals surface area contributed by atoms with Crippen molar-refractivity contribution in [2.24, 2.45) is 0 Å². The van der Waals surface area contributed by atoms with Crippen LogP contribution in [0.4, 0.5) is 13.2 Å². The molecule has 1 N–H and O–H groups in total. The second-order valence-corrected chi connectivity index (χ2v) is 4.65.